The maximum Gasteiger partial charge on any atom is 0.339 e. The Balaban J connectivity index is 1.63. The number of nitriles is 1. The summed E-state index contributed by atoms with van der Waals surface area (Å²) in [6.45, 7) is 0.186. The summed E-state index contributed by atoms with van der Waals surface area (Å²) >= 11 is 6.12. The average molecular weight is 485 g/mol. The van der Waals surface area contributed by atoms with Gasteiger partial charge in [0, 0.05) is 13.6 Å². The molecule has 170 valence electrons. The molecule has 0 radical (unpaired) electrons. The zero-order chi connectivity index (χ0) is 23.8. The molecule has 0 atom stereocenters. The number of hydrogen-bond donors (Lipinski definition) is 0. The van der Waals surface area contributed by atoms with Crippen molar-refractivity contribution < 1.29 is 22.7 Å². The summed E-state index contributed by atoms with van der Waals surface area (Å²) in [5.41, 5.74) is 1.29. The van der Waals surface area contributed by atoms with E-state index in [0.29, 0.717) is 11.3 Å². The van der Waals surface area contributed by atoms with Gasteiger partial charge in [-0.05, 0) is 48.0 Å². The van der Waals surface area contributed by atoms with E-state index in [-0.39, 0.29) is 35.2 Å². The predicted molar refractivity (Wildman–Crippen MR) is 123 cm³/mol. The van der Waals surface area contributed by atoms with Crippen molar-refractivity contribution in [3.63, 3.8) is 0 Å². The standard InChI is InChI=1S/C24H21ClN2O5S/c1-27(17-19-5-3-2-4-6-19)33(29,30)21-11-12-23(25)22(15-21)24(28)32-14-13-31-20-9-7-18(16-26)8-10-20/h2-12,15H,13-14,17H2,1H3. The Labute approximate surface area is 197 Å². The van der Waals surface area contributed by atoms with E-state index in [1.165, 1.54) is 29.6 Å². The molecule has 0 saturated carbocycles. The monoisotopic (exact) mass is 484 g/mol. The Bertz CT molecular complexity index is 1260. The van der Waals surface area contributed by atoms with E-state index in [2.05, 4.69) is 0 Å². The van der Waals surface area contributed by atoms with E-state index in [0.717, 1.165) is 5.56 Å². The number of carbonyl (C=O) groups is 1. The van der Waals surface area contributed by atoms with Crippen LogP contribution in [-0.4, -0.2) is 39.0 Å². The molecule has 0 heterocycles. The number of rotatable bonds is 9. The van der Waals surface area contributed by atoms with Crippen LogP contribution in [-0.2, 0) is 21.3 Å². The normalized spacial score (nSPS) is 11.1. The van der Waals surface area contributed by atoms with E-state index in [1.807, 2.05) is 36.4 Å². The molecule has 9 heteroatoms. The fraction of sp³-hybridized carbons (Fsp3) is 0.167. The number of ether oxygens (including phenoxy) is 2. The van der Waals surface area contributed by atoms with Crippen LogP contribution in [0.5, 0.6) is 5.75 Å². The molecule has 0 bridgehead atoms. The number of hydrogen-bond acceptors (Lipinski definition) is 6. The molecular formula is C24H21ClN2O5S. The van der Waals surface area contributed by atoms with Crippen molar-refractivity contribution in [3.8, 4) is 11.8 Å². The number of halogens is 1. The molecule has 0 aromatic heterocycles. The minimum atomic E-state index is -3.86. The molecular weight excluding hydrogens is 464 g/mol. The highest BCUT2D eigenvalue weighted by Crippen LogP contribution is 2.24. The van der Waals surface area contributed by atoms with Crippen molar-refractivity contribution in [3.05, 3.63) is 94.5 Å². The van der Waals surface area contributed by atoms with Crippen LogP contribution in [0.2, 0.25) is 5.02 Å². The Morgan fingerprint density at radius 1 is 1.03 bits per heavy atom. The van der Waals surface area contributed by atoms with Crippen LogP contribution in [0.15, 0.2) is 77.7 Å². The Morgan fingerprint density at radius 3 is 2.39 bits per heavy atom. The lowest BCUT2D eigenvalue weighted by Gasteiger charge is -2.18. The lowest BCUT2D eigenvalue weighted by atomic mass is 10.2. The highest BCUT2D eigenvalue weighted by atomic mass is 35.5. The third kappa shape index (κ3) is 6.33. The molecule has 3 aromatic rings. The molecule has 7 nitrogen and oxygen atoms in total. The zero-order valence-electron chi connectivity index (χ0n) is 17.8. The summed E-state index contributed by atoms with van der Waals surface area (Å²) in [5.74, 6) is -0.233. The topological polar surface area (TPSA) is 96.7 Å². The SMILES string of the molecule is CN(Cc1ccccc1)S(=O)(=O)c1ccc(Cl)c(C(=O)OCCOc2ccc(C#N)cc2)c1. The first kappa shape index (κ1) is 24.3. The summed E-state index contributed by atoms with van der Waals surface area (Å²) in [6, 6.07) is 21.6. The van der Waals surface area contributed by atoms with Crippen molar-refractivity contribution in [2.24, 2.45) is 0 Å². The summed E-state index contributed by atoms with van der Waals surface area (Å²) in [6.07, 6.45) is 0. The number of carbonyl (C=O) groups excluding carboxylic acids is 1. The number of sulfonamides is 1. The molecule has 0 fully saturated rings. The average Bonchev–Trinajstić information content (AvgIpc) is 2.82. The van der Waals surface area contributed by atoms with Crippen molar-refractivity contribution in [1.82, 2.24) is 4.31 Å². The summed E-state index contributed by atoms with van der Waals surface area (Å²) in [4.78, 5) is 12.4. The Hall–Kier alpha value is -3.38. The zero-order valence-corrected chi connectivity index (χ0v) is 19.3. The molecule has 3 aromatic carbocycles. The highest BCUT2D eigenvalue weighted by molar-refractivity contribution is 7.89. The number of benzene rings is 3. The molecule has 3 rings (SSSR count). The maximum absolute atomic E-state index is 13.0. The molecule has 0 unspecified atom stereocenters. The molecule has 0 spiro atoms. The first-order valence-electron chi connectivity index (χ1n) is 9.91. The van der Waals surface area contributed by atoms with Gasteiger partial charge < -0.3 is 9.47 Å². The van der Waals surface area contributed by atoms with Gasteiger partial charge in [-0.2, -0.15) is 9.57 Å². The van der Waals surface area contributed by atoms with Gasteiger partial charge in [-0.3, -0.25) is 0 Å². The number of esters is 1. The van der Waals surface area contributed by atoms with Crippen LogP contribution in [0.25, 0.3) is 0 Å². The van der Waals surface area contributed by atoms with Gasteiger partial charge >= 0.3 is 5.97 Å². The fourth-order valence-corrected chi connectivity index (χ4v) is 4.30. The van der Waals surface area contributed by atoms with Gasteiger partial charge in [0.15, 0.2) is 0 Å². The van der Waals surface area contributed by atoms with E-state index in [9.17, 15) is 13.2 Å². The smallest absolute Gasteiger partial charge is 0.339 e. The van der Waals surface area contributed by atoms with Crippen LogP contribution >= 0.6 is 11.6 Å². The molecule has 0 aliphatic carbocycles. The van der Waals surface area contributed by atoms with Crippen LogP contribution < -0.4 is 4.74 Å². The van der Waals surface area contributed by atoms with Gasteiger partial charge in [0.25, 0.3) is 0 Å². The van der Waals surface area contributed by atoms with Gasteiger partial charge in [-0.1, -0.05) is 41.9 Å². The van der Waals surface area contributed by atoms with Gasteiger partial charge in [0.1, 0.15) is 19.0 Å². The third-order valence-electron chi connectivity index (χ3n) is 4.68. The van der Waals surface area contributed by atoms with E-state index in [1.54, 1.807) is 24.3 Å². The first-order chi connectivity index (χ1) is 15.8. The lowest BCUT2D eigenvalue weighted by Crippen LogP contribution is -2.26. The van der Waals surface area contributed by atoms with Crippen LogP contribution in [0, 0.1) is 11.3 Å². The second kappa shape index (κ2) is 11.0. The van der Waals surface area contributed by atoms with Crippen molar-refractivity contribution >= 4 is 27.6 Å². The van der Waals surface area contributed by atoms with Gasteiger partial charge in [-0.15, -0.1) is 0 Å². The van der Waals surface area contributed by atoms with Crippen LogP contribution in [0.1, 0.15) is 21.5 Å². The van der Waals surface area contributed by atoms with Crippen LogP contribution in [0.3, 0.4) is 0 Å². The van der Waals surface area contributed by atoms with Gasteiger partial charge in [0.2, 0.25) is 10.0 Å². The summed E-state index contributed by atoms with van der Waals surface area (Å²) in [7, 11) is -2.39. The maximum atomic E-state index is 13.0. The van der Waals surface area contributed by atoms with Crippen LogP contribution in [0.4, 0.5) is 0 Å². The Morgan fingerprint density at radius 2 is 1.73 bits per heavy atom. The minimum absolute atomic E-state index is 0.0516. The Kier molecular flexibility index (Phi) is 8.06. The van der Waals surface area contributed by atoms with E-state index >= 15 is 0 Å². The first-order valence-corrected chi connectivity index (χ1v) is 11.7. The van der Waals surface area contributed by atoms with Crippen molar-refractivity contribution in [2.75, 3.05) is 20.3 Å². The third-order valence-corrected chi connectivity index (χ3v) is 6.81. The minimum Gasteiger partial charge on any atom is -0.490 e. The van der Waals surface area contributed by atoms with Gasteiger partial charge in [0.05, 0.1) is 27.1 Å². The largest absolute Gasteiger partial charge is 0.490 e. The molecule has 0 amide bonds. The second-order valence-corrected chi connectivity index (χ2v) is 9.46. The van der Waals surface area contributed by atoms with Crippen molar-refractivity contribution in [1.29, 1.82) is 5.26 Å². The summed E-state index contributed by atoms with van der Waals surface area (Å²) in [5, 5.41) is 8.88. The molecule has 0 aliphatic rings. The summed E-state index contributed by atoms with van der Waals surface area (Å²) < 4.78 is 37.8. The molecule has 0 N–H and O–H groups in total. The quantitative estimate of drug-likeness (QED) is 0.332. The molecule has 0 saturated heterocycles. The van der Waals surface area contributed by atoms with E-state index < -0.39 is 16.0 Å². The molecule has 0 aliphatic heterocycles. The fourth-order valence-electron chi connectivity index (χ4n) is 2.92. The highest BCUT2D eigenvalue weighted by Gasteiger charge is 2.24. The second-order valence-electron chi connectivity index (χ2n) is 7.01. The molecule has 33 heavy (non-hydrogen) atoms. The predicted octanol–water partition coefficient (Wildman–Crippen LogP) is 4.27. The lowest BCUT2D eigenvalue weighted by molar-refractivity contribution is 0.0450. The van der Waals surface area contributed by atoms with Crippen molar-refractivity contribution in [2.45, 2.75) is 11.4 Å². The van der Waals surface area contributed by atoms with E-state index in [4.69, 9.17) is 26.3 Å². The number of nitrogens with zero attached hydrogens (tertiary/aromatic N) is 2. The van der Waals surface area contributed by atoms with Gasteiger partial charge in [-0.25, -0.2) is 13.2 Å².